The summed E-state index contributed by atoms with van der Waals surface area (Å²) in [4.78, 5) is 13.3. The molecule has 2 rings (SSSR count). The van der Waals surface area contributed by atoms with Crippen molar-refractivity contribution >= 4 is 34.7 Å². The van der Waals surface area contributed by atoms with Crippen molar-refractivity contribution in [3.8, 4) is 0 Å². The summed E-state index contributed by atoms with van der Waals surface area (Å²) >= 11 is 12.1. The SMILES string of the molecule is O=C1CCCN(c2c(Cl)cccc2Cl)C1. The summed E-state index contributed by atoms with van der Waals surface area (Å²) < 4.78 is 0. The molecule has 0 unspecified atom stereocenters. The van der Waals surface area contributed by atoms with Crippen molar-refractivity contribution in [3.63, 3.8) is 0 Å². The Morgan fingerprint density at radius 3 is 2.47 bits per heavy atom. The molecule has 0 saturated carbocycles. The van der Waals surface area contributed by atoms with Gasteiger partial charge in [0.25, 0.3) is 0 Å². The molecule has 0 aromatic heterocycles. The van der Waals surface area contributed by atoms with E-state index < -0.39 is 0 Å². The smallest absolute Gasteiger partial charge is 0.152 e. The minimum Gasteiger partial charge on any atom is -0.362 e. The molecule has 0 bridgehead atoms. The molecule has 1 aliphatic rings. The molecule has 1 fully saturated rings. The van der Waals surface area contributed by atoms with Crippen molar-refractivity contribution in [2.24, 2.45) is 0 Å². The van der Waals surface area contributed by atoms with Gasteiger partial charge in [-0.3, -0.25) is 4.79 Å². The van der Waals surface area contributed by atoms with E-state index in [0.717, 1.165) is 18.7 Å². The number of nitrogens with zero attached hydrogens (tertiary/aromatic N) is 1. The number of anilines is 1. The lowest BCUT2D eigenvalue weighted by Gasteiger charge is -2.29. The Hall–Kier alpha value is -0.730. The lowest BCUT2D eigenvalue weighted by atomic mass is 10.1. The lowest BCUT2D eigenvalue weighted by molar-refractivity contribution is -0.118. The van der Waals surface area contributed by atoms with Gasteiger partial charge in [-0.05, 0) is 18.6 Å². The predicted molar refractivity (Wildman–Crippen MR) is 62.9 cm³/mol. The third kappa shape index (κ3) is 2.27. The van der Waals surface area contributed by atoms with E-state index in [-0.39, 0.29) is 5.78 Å². The van der Waals surface area contributed by atoms with Crippen molar-refractivity contribution in [1.82, 2.24) is 0 Å². The van der Waals surface area contributed by atoms with Gasteiger partial charge in [-0.25, -0.2) is 0 Å². The molecular formula is C11H11Cl2NO. The second-order valence-electron chi connectivity index (χ2n) is 3.63. The maximum absolute atomic E-state index is 11.3. The largest absolute Gasteiger partial charge is 0.362 e. The molecule has 0 amide bonds. The van der Waals surface area contributed by atoms with Crippen molar-refractivity contribution in [1.29, 1.82) is 0 Å². The second-order valence-corrected chi connectivity index (χ2v) is 4.45. The zero-order valence-corrected chi connectivity index (χ0v) is 9.68. The van der Waals surface area contributed by atoms with Crippen LogP contribution in [-0.4, -0.2) is 18.9 Å². The number of carbonyl (C=O) groups is 1. The van der Waals surface area contributed by atoms with Gasteiger partial charge in [0.05, 0.1) is 22.3 Å². The Balaban J connectivity index is 2.32. The van der Waals surface area contributed by atoms with Crippen LogP contribution in [0.1, 0.15) is 12.8 Å². The Kier molecular flexibility index (Phi) is 3.17. The molecule has 0 atom stereocenters. The van der Waals surface area contributed by atoms with E-state index in [1.54, 1.807) is 18.2 Å². The first-order valence-corrected chi connectivity index (χ1v) is 5.65. The minimum absolute atomic E-state index is 0.247. The maximum Gasteiger partial charge on any atom is 0.152 e. The van der Waals surface area contributed by atoms with Crippen molar-refractivity contribution in [3.05, 3.63) is 28.2 Å². The summed E-state index contributed by atoms with van der Waals surface area (Å²) in [6, 6.07) is 5.39. The summed E-state index contributed by atoms with van der Waals surface area (Å²) in [6.07, 6.45) is 1.54. The molecule has 1 heterocycles. The molecule has 0 spiro atoms. The highest BCUT2D eigenvalue weighted by Gasteiger charge is 2.20. The fourth-order valence-electron chi connectivity index (χ4n) is 1.82. The number of rotatable bonds is 1. The van der Waals surface area contributed by atoms with Gasteiger partial charge >= 0.3 is 0 Å². The van der Waals surface area contributed by atoms with Crippen LogP contribution in [0.4, 0.5) is 5.69 Å². The highest BCUT2D eigenvalue weighted by molar-refractivity contribution is 6.39. The van der Waals surface area contributed by atoms with Gasteiger partial charge in [-0.2, -0.15) is 0 Å². The van der Waals surface area contributed by atoms with Crippen LogP contribution in [0.5, 0.6) is 0 Å². The van der Waals surface area contributed by atoms with Crippen molar-refractivity contribution < 1.29 is 4.79 Å². The first kappa shape index (κ1) is 10.8. The van der Waals surface area contributed by atoms with Gasteiger partial charge in [-0.15, -0.1) is 0 Å². The van der Waals surface area contributed by atoms with E-state index >= 15 is 0 Å². The van der Waals surface area contributed by atoms with E-state index in [0.29, 0.717) is 23.0 Å². The van der Waals surface area contributed by atoms with E-state index in [2.05, 4.69) is 0 Å². The van der Waals surface area contributed by atoms with E-state index in [9.17, 15) is 4.79 Å². The third-order valence-corrected chi connectivity index (χ3v) is 3.11. The molecule has 4 heteroatoms. The zero-order valence-electron chi connectivity index (χ0n) is 8.17. The number of hydrogen-bond donors (Lipinski definition) is 0. The fourth-order valence-corrected chi connectivity index (χ4v) is 2.46. The van der Waals surface area contributed by atoms with Crippen LogP contribution in [-0.2, 0) is 4.79 Å². The number of piperidine rings is 1. The highest BCUT2D eigenvalue weighted by Crippen LogP contribution is 2.34. The summed E-state index contributed by atoms with van der Waals surface area (Å²) in [5, 5.41) is 1.22. The molecule has 2 nitrogen and oxygen atoms in total. The number of halogens is 2. The number of para-hydroxylation sites is 1. The predicted octanol–water partition coefficient (Wildman–Crippen LogP) is 3.16. The molecule has 80 valence electrons. The molecule has 0 radical (unpaired) electrons. The number of hydrogen-bond acceptors (Lipinski definition) is 2. The Bertz CT molecular complexity index is 372. The van der Waals surface area contributed by atoms with Gasteiger partial charge in [0.2, 0.25) is 0 Å². The van der Waals surface area contributed by atoms with Gasteiger partial charge in [0.15, 0.2) is 5.78 Å². The van der Waals surface area contributed by atoms with Crippen LogP contribution < -0.4 is 4.90 Å². The van der Waals surface area contributed by atoms with Gasteiger partial charge < -0.3 is 4.90 Å². The molecule has 1 saturated heterocycles. The van der Waals surface area contributed by atoms with Crippen LogP contribution in [0.25, 0.3) is 0 Å². The standard InChI is InChI=1S/C11H11Cl2NO/c12-9-4-1-5-10(13)11(9)14-6-2-3-8(15)7-14/h1,4-5H,2-3,6-7H2. The number of ketones is 1. The van der Waals surface area contributed by atoms with E-state index in [1.165, 1.54) is 0 Å². The normalized spacial score (nSPS) is 16.9. The second kappa shape index (κ2) is 4.42. The number of benzene rings is 1. The molecule has 1 aromatic carbocycles. The van der Waals surface area contributed by atoms with E-state index in [1.807, 2.05) is 4.90 Å². The van der Waals surface area contributed by atoms with Gasteiger partial charge in [0.1, 0.15) is 0 Å². The van der Waals surface area contributed by atoms with Crippen LogP contribution in [0.15, 0.2) is 18.2 Å². The average molecular weight is 244 g/mol. The quantitative estimate of drug-likeness (QED) is 0.756. The van der Waals surface area contributed by atoms with Crippen molar-refractivity contribution in [2.45, 2.75) is 12.8 Å². The Morgan fingerprint density at radius 2 is 1.87 bits per heavy atom. The van der Waals surface area contributed by atoms with Crippen LogP contribution >= 0.6 is 23.2 Å². The van der Waals surface area contributed by atoms with Gasteiger partial charge in [0, 0.05) is 13.0 Å². The molecule has 1 aliphatic heterocycles. The monoisotopic (exact) mass is 243 g/mol. The summed E-state index contributed by atoms with van der Waals surface area (Å²) in [6.45, 7) is 1.26. The lowest BCUT2D eigenvalue weighted by Crippen LogP contribution is -2.35. The number of carbonyl (C=O) groups excluding carboxylic acids is 1. The van der Waals surface area contributed by atoms with Crippen LogP contribution in [0.3, 0.4) is 0 Å². The third-order valence-electron chi connectivity index (χ3n) is 2.50. The highest BCUT2D eigenvalue weighted by atomic mass is 35.5. The van der Waals surface area contributed by atoms with E-state index in [4.69, 9.17) is 23.2 Å². The number of Topliss-reactive ketones (excluding diaryl/α,β-unsaturated/α-hetero) is 1. The first-order chi connectivity index (χ1) is 7.18. The minimum atomic E-state index is 0.247. The van der Waals surface area contributed by atoms with Gasteiger partial charge in [-0.1, -0.05) is 29.3 Å². The molecular weight excluding hydrogens is 233 g/mol. The van der Waals surface area contributed by atoms with Crippen LogP contribution in [0.2, 0.25) is 10.0 Å². The topological polar surface area (TPSA) is 20.3 Å². The summed E-state index contributed by atoms with van der Waals surface area (Å²) in [7, 11) is 0. The fraction of sp³-hybridized carbons (Fsp3) is 0.364. The average Bonchev–Trinajstić information content (AvgIpc) is 2.17. The summed E-state index contributed by atoms with van der Waals surface area (Å²) in [5.74, 6) is 0.247. The van der Waals surface area contributed by atoms with Crippen LogP contribution in [0, 0.1) is 0 Å². The Morgan fingerprint density at radius 1 is 1.20 bits per heavy atom. The molecule has 0 aliphatic carbocycles. The molecule has 1 aromatic rings. The molecule has 0 N–H and O–H groups in total. The Labute approximate surface area is 98.8 Å². The zero-order chi connectivity index (χ0) is 10.8. The molecule has 15 heavy (non-hydrogen) atoms. The summed E-state index contributed by atoms with van der Waals surface area (Å²) in [5.41, 5.74) is 0.786. The van der Waals surface area contributed by atoms with Crippen molar-refractivity contribution in [2.75, 3.05) is 18.0 Å². The first-order valence-electron chi connectivity index (χ1n) is 4.89. The maximum atomic E-state index is 11.3.